The number of rotatable bonds is 0. The van der Waals surface area contributed by atoms with Gasteiger partial charge in [0.15, 0.2) is 0 Å². The van der Waals surface area contributed by atoms with Crippen LogP contribution in [0.4, 0.5) is 0 Å². The van der Waals surface area contributed by atoms with Gasteiger partial charge in [-0.25, -0.2) is 0 Å². The summed E-state index contributed by atoms with van der Waals surface area (Å²) >= 11 is 0. The molecule has 1 radical (unpaired) electrons. The summed E-state index contributed by atoms with van der Waals surface area (Å²) in [5.41, 5.74) is 2.48. The summed E-state index contributed by atoms with van der Waals surface area (Å²) in [5, 5.41) is 0. The van der Waals surface area contributed by atoms with E-state index in [2.05, 4.69) is 16.2 Å². The van der Waals surface area contributed by atoms with Gasteiger partial charge in [0.25, 0.3) is 0 Å². The van der Waals surface area contributed by atoms with Gasteiger partial charge in [-0.3, -0.25) is 0 Å². The number of hydrogen-bond acceptors (Lipinski definition) is 2. The predicted octanol–water partition coefficient (Wildman–Crippen LogP) is 1.85. The van der Waals surface area contributed by atoms with Crippen LogP contribution < -0.4 is 0 Å². The number of hydrogen-bond donors (Lipinski definition) is 0. The van der Waals surface area contributed by atoms with E-state index in [9.17, 15) is 0 Å². The topological polar surface area (TPSA) is 25.8 Å². The molecule has 67 valence electrons. The molecule has 0 saturated carbocycles. The fraction of sp³-hybridized carbons (Fsp3) is 0.600. The van der Waals surface area contributed by atoms with Gasteiger partial charge in [0, 0.05) is 38.5 Å². The fourth-order valence-corrected chi connectivity index (χ4v) is 1.68. The maximum absolute atomic E-state index is 4.43. The van der Waals surface area contributed by atoms with Gasteiger partial charge in [-0.2, -0.15) is 0 Å². The molecule has 0 saturated heterocycles. The van der Waals surface area contributed by atoms with E-state index in [1.165, 1.54) is 30.5 Å². The molecule has 0 aliphatic heterocycles. The molecule has 0 fully saturated rings. The second-order valence-corrected chi connectivity index (χ2v) is 3.37. The van der Waals surface area contributed by atoms with Gasteiger partial charge in [0.2, 0.25) is 0 Å². The Morgan fingerprint density at radius 2 is 1.92 bits per heavy atom. The van der Waals surface area contributed by atoms with E-state index in [1.807, 2.05) is 6.92 Å². The molecule has 1 heterocycles. The first kappa shape index (κ1) is 11.3. The van der Waals surface area contributed by atoms with Crippen molar-refractivity contribution < 1.29 is 32.7 Å². The van der Waals surface area contributed by atoms with Gasteiger partial charge in [-0.05, 0) is 6.42 Å². The van der Waals surface area contributed by atoms with Gasteiger partial charge in [-0.1, -0.05) is 44.5 Å². The smallest absolute Gasteiger partial charge is 0.0107 e. The van der Waals surface area contributed by atoms with Crippen molar-refractivity contribution in [3.8, 4) is 0 Å². The summed E-state index contributed by atoms with van der Waals surface area (Å²) in [7, 11) is 0. The molecular formula is C10H13N2Y-. The van der Waals surface area contributed by atoms with Crippen molar-refractivity contribution in [1.82, 2.24) is 9.97 Å². The summed E-state index contributed by atoms with van der Waals surface area (Å²) in [6.07, 6.45) is 9.20. The normalized spacial score (nSPS) is 15.5. The van der Waals surface area contributed by atoms with Crippen LogP contribution in [0.25, 0.3) is 0 Å². The van der Waals surface area contributed by atoms with E-state index in [0.29, 0.717) is 0 Å². The minimum atomic E-state index is 0. The molecule has 1 aliphatic rings. The third kappa shape index (κ3) is 2.82. The Labute approximate surface area is 104 Å². The maximum Gasteiger partial charge on any atom is 0.0107 e. The second-order valence-electron chi connectivity index (χ2n) is 3.37. The Morgan fingerprint density at radius 3 is 2.77 bits per heavy atom. The fourth-order valence-electron chi connectivity index (χ4n) is 1.68. The summed E-state index contributed by atoms with van der Waals surface area (Å²) in [6.45, 7) is 1.93. The second kappa shape index (κ2) is 5.16. The third-order valence-corrected chi connectivity index (χ3v) is 2.34. The molecule has 1 aliphatic carbocycles. The van der Waals surface area contributed by atoms with Crippen LogP contribution in [0.2, 0.25) is 0 Å². The zero-order valence-electron chi connectivity index (χ0n) is 8.01. The molecule has 0 aromatic carbocycles. The standard InChI is InChI=1S/C10H13N2.Y/c1-8-11-7-9-5-3-2-4-6-10(9)12-8;/h2-6H2,1H3;/q-1;. The van der Waals surface area contributed by atoms with E-state index in [4.69, 9.17) is 0 Å². The van der Waals surface area contributed by atoms with Crippen LogP contribution >= 0.6 is 0 Å². The van der Waals surface area contributed by atoms with Gasteiger partial charge in [0.05, 0.1) is 0 Å². The van der Waals surface area contributed by atoms with E-state index in [-0.39, 0.29) is 32.7 Å². The van der Waals surface area contributed by atoms with Crippen molar-refractivity contribution in [3.05, 3.63) is 23.3 Å². The Morgan fingerprint density at radius 1 is 1.15 bits per heavy atom. The molecule has 2 nitrogen and oxygen atoms in total. The molecule has 0 bridgehead atoms. The molecule has 0 atom stereocenters. The molecule has 0 amide bonds. The maximum atomic E-state index is 4.43. The van der Waals surface area contributed by atoms with Crippen LogP contribution in [0, 0.1) is 13.1 Å². The minimum absolute atomic E-state index is 0. The van der Waals surface area contributed by atoms with Crippen molar-refractivity contribution in [2.45, 2.75) is 39.0 Å². The van der Waals surface area contributed by atoms with Crippen LogP contribution in [0.1, 0.15) is 36.3 Å². The molecule has 13 heavy (non-hydrogen) atoms. The molecule has 1 aromatic rings. The van der Waals surface area contributed by atoms with Gasteiger partial charge >= 0.3 is 0 Å². The zero-order valence-corrected chi connectivity index (χ0v) is 10.8. The number of aryl methyl sites for hydroxylation is 3. The van der Waals surface area contributed by atoms with Crippen molar-refractivity contribution in [2.75, 3.05) is 0 Å². The van der Waals surface area contributed by atoms with Crippen molar-refractivity contribution in [1.29, 1.82) is 0 Å². The average molecular weight is 250 g/mol. The average Bonchev–Trinajstić information content (AvgIpc) is 2.28. The molecule has 1 aromatic heterocycles. The molecule has 3 heteroatoms. The monoisotopic (exact) mass is 250 g/mol. The Balaban J connectivity index is 0.000000845. The number of aromatic nitrogens is 2. The first-order chi connectivity index (χ1) is 5.86. The van der Waals surface area contributed by atoms with Gasteiger partial charge in [0.1, 0.15) is 0 Å². The summed E-state index contributed by atoms with van der Waals surface area (Å²) in [5.74, 6) is 0.857. The Bertz CT molecular complexity index is 286. The summed E-state index contributed by atoms with van der Waals surface area (Å²) in [6, 6.07) is 0. The Hall–Kier alpha value is 0.184. The van der Waals surface area contributed by atoms with Crippen LogP contribution in [0.5, 0.6) is 0 Å². The molecule has 0 N–H and O–H groups in total. The third-order valence-electron chi connectivity index (χ3n) is 2.34. The summed E-state index contributed by atoms with van der Waals surface area (Å²) < 4.78 is 0. The molecular weight excluding hydrogens is 237 g/mol. The van der Waals surface area contributed by atoms with Crippen molar-refractivity contribution >= 4 is 0 Å². The van der Waals surface area contributed by atoms with E-state index >= 15 is 0 Å². The van der Waals surface area contributed by atoms with E-state index in [0.717, 1.165) is 18.7 Å². The van der Waals surface area contributed by atoms with Crippen LogP contribution in [-0.2, 0) is 45.6 Å². The van der Waals surface area contributed by atoms with Crippen molar-refractivity contribution in [2.24, 2.45) is 0 Å². The Kier molecular flexibility index (Phi) is 4.47. The zero-order chi connectivity index (χ0) is 8.39. The SMILES string of the molecule is Cc1n[c-]c2c(n1)CCCCC2.[Y]. The predicted molar refractivity (Wildman–Crippen MR) is 46.9 cm³/mol. The summed E-state index contributed by atoms with van der Waals surface area (Å²) in [4.78, 5) is 8.53. The van der Waals surface area contributed by atoms with Crippen molar-refractivity contribution in [3.63, 3.8) is 0 Å². The van der Waals surface area contributed by atoms with Gasteiger partial charge in [-0.15, -0.1) is 5.56 Å². The van der Waals surface area contributed by atoms with Crippen LogP contribution in [0.15, 0.2) is 0 Å². The molecule has 2 rings (SSSR count). The number of nitrogens with zero attached hydrogens (tertiary/aromatic N) is 2. The first-order valence-corrected chi connectivity index (χ1v) is 4.60. The van der Waals surface area contributed by atoms with Crippen LogP contribution in [0.3, 0.4) is 0 Å². The molecule has 0 spiro atoms. The largest absolute Gasteiger partial charge is 0.373 e. The quantitative estimate of drug-likeness (QED) is 0.518. The van der Waals surface area contributed by atoms with Crippen LogP contribution in [-0.4, -0.2) is 9.97 Å². The minimum Gasteiger partial charge on any atom is -0.373 e. The first-order valence-electron chi connectivity index (χ1n) is 4.60. The number of fused-ring (bicyclic) bond motifs is 1. The van der Waals surface area contributed by atoms with E-state index < -0.39 is 0 Å². The van der Waals surface area contributed by atoms with E-state index in [1.54, 1.807) is 0 Å². The molecule has 0 unspecified atom stereocenters. The van der Waals surface area contributed by atoms with Gasteiger partial charge < -0.3 is 9.97 Å².